The lowest BCUT2D eigenvalue weighted by Crippen LogP contribution is -2.24. The van der Waals surface area contributed by atoms with E-state index in [1.54, 1.807) is 36.4 Å². The number of ether oxygens (including phenoxy) is 1. The summed E-state index contributed by atoms with van der Waals surface area (Å²) in [5.41, 5.74) is 3.77. The van der Waals surface area contributed by atoms with Gasteiger partial charge in [-0.05, 0) is 36.2 Å². The molecular weight excluding hydrogens is 417 g/mol. The number of phenols is 1. The highest BCUT2D eigenvalue weighted by atomic mass is 35.5. The summed E-state index contributed by atoms with van der Waals surface area (Å²) in [4.78, 5) is 23.9. The third-order valence-corrected chi connectivity index (χ3v) is 4.53. The first-order valence-corrected chi connectivity index (χ1v) is 9.17. The summed E-state index contributed by atoms with van der Waals surface area (Å²) >= 11 is 11.9. The van der Waals surface area contributed by atoms with Crippen LogP contribution < -0.4 is 15.5 Å². The average molecular weight is 436 g/mol. The van der Waals surface area contributed by atoms with E-state index >= 15 is 0 Å². The van der Waals surface area contributed by atoms with Crippen LogP contribution in [0.5, 0.6) is 11.5 Å². The van der Waals surface area contributed by atoms with Crippen molar-refractivity contribution in [2.45, 2.75) is 12.8 Å². The van der Waals surface area contributed by atoms with Gasteiger partial charge in [-0.2, -0.15) is 5.10 Å². The van der Waals surface area contributed by atoms with E-state index < -0.39 is 18.2 Å². The van der Waals surface area contributed by atoms with Crippen LogP contribution in [0.3, 0.4) is 0 Å². The fourth-order valence-corrected chi connectivity index (χ4v) is 2.74. The number of allylic oxidation sites excluding steroid dienone is 1. The van der Waals surface area contributed by atoms with Crippen molar-refractivity contribution in [3.63, 3.8) is 0 Å². The minimum absolute atomic E-state index is 0.0185. The fraction of sp³-hybridized carbons (Fsp3) is 0.150. The first kappa shape index (κ1) is 22.3. The van der Waals surface area contributed by atoms with Crippen molar-refractivity contribution in [3.05, 3.63) is 64.2 Å². The Bertz CT molecular complexity index is 961. The number of hydrogen-bond acceptors (Lipinski definition) is 5. The molecule has 0 spiro atoms. The minimum atomic E-state index is -0.617. The molecule has 2 aromatic carbocycles. The number of halogens is 2. The smallest absolute Gasteiger partial charge is 0.249 e. The summed E-state index contributed by atoms with van der Waals surface area (Å²) in [7, 11) is 1.43. The molecule has 0 aromatic heterocycles. The van der Waals surface area contributed by atoms with E-state index in [0.717, 1.165) is 0 Å². The summed E-state index contributed by atoms with van der Waals surface area (Å²) in [6.45, 7) is 3.64. The number of hydrogen-bond donors (Lipinski definition) is 3. The summed E-state index contributed by atoms with van der Waals surface area (Å²) in [6, 6.07) is 8.02. The highest BCUT2D eigenvalue weighted by Crippen LogP contribution is 2.31. The number of amides is 2. The van der Waals surface area contributed by atoms with Gasteiger partial charge >= 0.3 is 0 Å². The molecule has 0 aliphatic heterocycles. The van der Waals surface area contributed by atoms with Gasteiger partial charge in [0.2, 0.25) is 11.8 Å². The topological polar surface area (TPSA) is 100 Å². The first-order chi connectivity index (χ1) is 13.8. The quantitative estimate of drug-likeness (QED) is 0.253. The zero-order valence-electron chi connectivity index (χ0n) is 15.5. The number of anilines is 1. The molecule has 2 amide bonds. The molecule has 3 N–H and O–H groups in total. The van der Waals surface area contributed by atoms with Gasteiger partial charge in [0.1, 0.15) is 6.42 Å². The van der Waals surface area contributed by atoms with Gasteiger partial charge in [-0.3, -0.25) is 9.59 Å². The van der Waals surface area contributed by atoms with Gasteiger partial charge in [-0.15, -0.1) is 6.58 Å². The van der Waals surface area contributed by atoms with Gasteiger partial charge in [-0.25, -0.2) is 5.43 Å². The maximum atomic E-state index is 12.0. The second kappa shape index (κ2) is 10.5. The molecule has 2 aromatic rings. The Balaban J connectivity index is 1.97. The second-order valence-corrected chi connectivity index (χ2v) is 6.63. The zero-order valence-corrected chi connectivity index (χ0v) is 17.0. The number of carbonyl (C=O) groups is 2. The minimum Gasteiger partial charge on any atom is -0.504 e. The predicted molar refractivity (Wildman–Crippen MR) is 114 cm³/mol. The Hall–Kier alpha value is -3.03. The molecule has 29 heavy (non-hydrogen) atoms. The Labute approximate surface area is 178 Å². The normalized spacial score (nSPS) is 10.6. The number of methoxy groups -OCH3 is 1. The maximum Gasteiger partial charge on any atom is 0.249 e. The number of benzene rings is 2. The van der Waals surface area contributed by atoms with Crippen LogP contribution in [0.1, 0.15) is 17.5 Å². The predicted octanol–water partition coefficient (Wildman–Crippen LogP) is 3.92. The molecule has 0 aliphatic carbocycles. The lowest BCUT2D eigenvalue weighted by atomic mass is 10.1. The van der Waals surface area contributed by atoms with Crippen molar-refractivity contribution in [3.8, 4) is 11.5 Å². The van der Waals surface area contributed by atoms with Gasteiger partial charge in [-0.1, -0.05) is 35.3 Å². The van der Waals surface area contributed by atoms with E-state index in [0.29, 0.717) is 28.3 Å². The molecule has 0 unspecified atom stereocenters. The standard InChI is InChI=1S/C20H19Cl2N3O4/c1-3-5-13-8-12(9-16(29-2)20(13)28)11-23-25-18(27)10-17(26)24-15-7-4-6-14(21)19(15)22/h3-4,6-9,11,28H,1,5,10H2,2H3,(H,24,26)(H,25,27)/b23-11+. The molecule has 152 valence electrons. The SMILES string of the molecule is C=CCc1cc(/C=N/NC(=O)CC(=O)Nc2cccc(Cl)c2Cl)cc(OC)c1O. The van der Waals surface area contributed by atoms with Crippen LogP contribution in [-0.2, 0) is 16.0 Å². The number of nitrogens with one attached hydrogen (secondary N) is 2. The summed E-state index contributed by atoms with van der Waals surface area (Å²) in [6.07, 6.45) is 2.99. The van der Waals surface area contributed by atoms with Crippen LogP contribution in [0, 0.1) is 0 Å². The lowest BCUT2D eigenvalue weighted by molar-refractivity contribution is -0.126. The number of rotatable bonds is 8. The molecule has 0 atom stereocenters. The Morgan fingerprint density at radius 2 is 2.03 bits per heavy atom. The van der Waals surface area contributed by atoms with Gasteiger partial charge in [0.25, 0.3) is 0 Å². The highest BCUT2D eigenvalue weighted by Gasteiger charge is 2.12. The number of phenolic OH excluding ortho intramolecular Hbond substituents is 1. The molecule has 0 radical (unpaired) electrons. The monoisotopic (exact) mass is 435 g/mol. The Kier molecular flexibility index (Phi) is 8.06. The van der Waals surface area contributed by atoms with E-state index in [1.807, 2.05) is 0 Å². The molecule has 0 saturated carbocycles. The van der Waals surface area contributed by atoms with E-state index in [1.165, 1.54) is 13.3 Å². The van der Waals surface area contributed by atoms with Crippen molar-refractivity contribution in [1.82, 2.24) is 5.43 Å². The van der Waals surface area contributed by atoms with Crippen LogP contribution in [0.25, 0.3) is 0 Å². The van der Waals surface area contributed by atoms with E-state index in [9.17, 15) is 14.7 Å². The number of carbonyl (C=O) groups excluding carboxylic acids is 2. The van der Waals surface area contributed by atoms with Crippen molar-refractivity contribution in [1.29, 1.82) is 0 Å². The van der Waals surface area contributed by atoms with Gasteiger partial charge in [0.15, 0.2) is 11.5 Å². The van der Waals surface area contributed by atoms with Crippen LogP contribution in [0.15, 0.2) is 48.1 Å². The van der Waals surface area contributed by atoms with Crippen molar-refractivity contribution < 1.29 is 19.4 Å². The summed E-state index contributed by atoms with van der Waals surface area (Å²) < 4.78 is 5.12. The zero-order chi connectivity index (χ0) is 21.4. The van der Waals surface area contributed by atoms with Crippen LogP contribution in [0.4, 0.5) is 5.69 Å². The van der Waals surface area contributed by atoms with Crippen molar-refractivity contribution in [2.24, 2.45) is 5.10 Å². The first-order valence-electron chi connectivity index (χ1n) is 8.42. The molecule has 0 heterocycles. The average Bonchev–Trinajstić information content (AvgIpc) is 2.67. The van der Waals surface area contributed by atoms with Gasteiger partial charge in [0, 0.05) is 5.56 Å². The second-order valence-electron chi connectivity index (χ2n) is 5.84. The van der Waals surface area contributed by atoms with Crippen LogP contribution in [0.2, 0.25) is 10.0 Å². The molecular formula is C20H19Cl2N3O4. The summed E-state index contributed by atoms with van der Waals surface area (Å²) in [5, 5.41) is 16.9. The molecule has 9 heteroatoms. The lowest BCUT2D eigenvalue weighted by Gasteiger charge is -2.09. The number of aromatic hydroxyl groups is 1. The van der Waals surface area contributed by atoms with E-state index in [2.05, 4.69) is 22.4 Å². The molecule has 0 bridgehead atoms. The summed E-state index contributed by atoms with van der Waals surface area (Å²) in [5.74, 6) is -0.893. The molecule has 0 aliphatic rings. The number of hydrazone groups is 1. The third kappa shape index (κ3) is 6.23. The fourth-order valence-electron chi connectivity index (χ4n) is 2.39. The molecule has 7 nitrogen and oxygen atoms in total. The van der Waals surface area contributed by atoms with Gasteiger partial charge in [0.05, 0.1) is 29.1 Å². The highest BCUT2D eigenvalue weighted by molar-refractivity contribution is 6.44. The third-order valence-electron chi connectivity index (χ3n) is 3.71. The van der Waals surface area contributed by atoms with Crippen molar-refractivity contribution >= 4 is 46.9 Å². The number of nitrogens with zero attached hydrogens (tertiary/aromatic N) is 1. The van der Waals surface area contributed by atoms with Crippen molar-refractivity contribution in [2.75, 3.05) is 12.4 Å². The van der Waals surface area contributed by atoms with Crippen LogP contribution in [-0.4, -0.2) is 30.2 Å². The molecule has 2 rings (SSSR count). The molecule has 0 fully saturated rings. The largest absolute Gasteiger partial charge is 0.504 e. The molecule has 0 saturated heterocycles. The van der Waals surface area contributed by atoms with E-state index in [4.69, 9.17) is 27.9 Å². The maximum absolute atomic E-state index is 12.0. The van der Waals surface area contributed by atoms with E-state index in [-0.39, 0.29) is 16.5 Å². The Morgan fingerprint density at radius 3 is 2.72 bits per heavy atom. The van der Waals surface area contributed by atoms with Crippen LogP contribution >= 0.6 is 23.2 Å². The Morgan fingerprint density at radius 1 is 1.28 bits per heavy atom. The van der Waals surface area contributed by atoms with Gasteiger partial charge < -0.3 is 15.2 Å².